The van der Waals surface area contributed by atoms with Crippen LogP contribution in [-0.4, -0.2) is 75.6 Å². The van der Waals surface area contributed by atoms with Crippen molar-refractivity contribution in [2.75, 3.05) is 26.7 Å². The fourth-order valence-electron chi connectivity index (χ4n) is 4.63. The summed E-state index contributed by atoms with van der Waals surface area (Å²) in [6.07, 6.45) is 9.48. The monoisotopic (exact) mass is 478 g/mol. The van der Waals surface area contributed by atoms with Crippen molar-refractivity contribution in [1.29, 1.82) is 0 Å². The molecular weight excluding hydrogens is 444 g/mol. The summed E-state index contributed by atoms with van der Waals surface area (Å²) in [5.41, 5.74) is 2.89. The number of carbonyl (C=O) groups excluding carboxylic acids is 2. The first-order valence-corrected chi connectivity index (χ1v) is 12.3. The van der Waals surface area contributed by atoms with Crippen LogP contribution in [0.15, 0.2) is 42.7 Å². The number of hydrogen-bond donors (Lipinski definition) is 1. The van der Waals surface area contributed by atoms with E-state index in [1.54, 1.807) is 47.4 Å². The Morgan fingerprint density at radius 1 is 1.31 bits per heavy atom. The maximum atomic E-state index is 13.6. The van der Waals surface area contributed by atoms with Gasteiger partial charge in [0.25, 0.3) is 11.8 Å². The van der Waals surface area contributed by atoms with Gasteiger partial charge < -0.3 is 19.6 Å². The van der Waals surface area contributed by atoms with Gasteiger partial charge in [-0.05, 0) is 61.9 Å². The molecule has 2 aliphatic rings. The smallest absolute Gasteiger partial charge is 0.272 e. The number of nitrogens with zero attached hydrogens (tertiary/aromatic N) is 4. The number of hydrogen-bond acceptors (Lipinski definition) is 6. The average molecular weight is 479 g/mol. The minimum Gasteiger partial charge on any atom is -0.472 e. The summed E-state index contributed by atoms with van der Waals surface area (Å²) >= 11 is 0. The largest absolute Gasteiger partial charge is 0.472 e. The van der Waals surface area contributed by atoms with Gasteiger partial charge >= 0.3 is 0 Å². The van der Waals surface area contributed by atoms with E-state index in [1.165, 1.54) is 12.0 Å². The summed E-state index contributed by atoms with van der Waals surface area (Å²) in [5, 5.41) is 9.86. The molecule has 8 nitrogen and oxygen atoms in total. The zero-order valence-corrected chi connectivity index (χ0v) is 20.7. The van der Waals surface area contributed by atoms with E-state index in [0.29, 0.717) is 24.3 Å². The molecule has 3 heterocycles. The molecule has 186 valence electrons. The van der Waals surface area contributed by atoms with Crippen molar-refractivity contribution >= 4 is 17.4 Å². The molecule has 2 aromatic rings. The number of likely N-dealkylation sites (N-methyl/N-ethyl adjacent to an activating group) is 1. The van der Waals surface area contributed by atoms with Crippen LogP contribution in [0, 0.1) is 5.92 Å². The molecule has 0 aromatic carbocycles. The highest BCUT2D eigenvalue weighted by Gasteiger charge is 2.35. The highest BCUT2D eigenvalue weighted by atomic mass is 16.5. The van der Waals surface area contributed by atoms with E-state index in [2.05, 4.69) is 16.0 Å². The number of pyridine rings is 2. The Morgan fingerprint density at radius 3 is 2.83 bits per heavy atom. The molecule has 4 rings (SSSR count). The number of amides is 2. The molecule has 0 radical (unpaired) electrons. The number of carbonyl (C=O) groups is 2. The highest BCUT2D eigenvalue weighted by molar-refractivity contribution is 5.97. The number of aromatic nitrogens is 2. The van der Waals surface area contributed by atoms with Crippen molar-refractivity contribution in [3.63, 3.8) is 0 Å². The molecule has 2 aromatic heterocycles. The first-order valence-electron chi connectivity index (χ1n) is 12.3. The zero-order chi connectivity index (χ0) is 24.9. The van der Waals surface area contributed by atoms with Crippen LogP contribution < -0.4 is 4.74 Å². The van der Waals surface area contributed by atoms with E-state index in [4.69, 9.17) is 4.74 Å². The van der Waals surface area contributed by atoms with Gasteiger partial charge in [0, 0.05) is 31.9 Å². The summed E-state index contributed by atoms with van der Waals surface area (Å²) in [5.74, 6) is -0.244. The molecule has 1 N–H and O–H groups in total. The fraction of sp³-hybridized carbons (Fsp3) is 0.481. The molecular formula is C27H34N4O4. The molecule has 0 spiro atoms. The van der Waals surface area contributed by atoms with Gasteiger partial charge in [0.1, 0.15) is 17.4 Å². The average Bonchev–Trinajstić information content (AvgIpc) is 2.90. The van der Waals surface area contributed by atoms with Gasteiger partial charge in [-0.15, -0.1) is 0 Å². The van der Waals surface area contributed by atoms with Crippen molar-refractivity contribution in [2.45, 2.75) is 51.7 Å². The Balaban J connectivity index is 1.66. The topological polar surface area (TPSA) is 95.9 Å². The van der Waals surface area contributed by atoms with Crippen molar-refractivity contribution in [3.05, 3.63) is 59.6 Å². The highest BCUT2D eigenvalue weighted by Crippen LogP contribution is 2.32. The molecule has 0 unspecified atom stereocenters. The van der Waals surface area contributed by atoms with Crippen LogP contribution in [0.3, 0.4) is 0 Å². The number of ether oxygens (including phenoxy) is 1. The van der Waals surface area contributed by atoms with Crippen LogP contribution in [0.4, 0.5) is 0 Å². The summed E-state index contributed by atoms with van der Waals surface area (Å²) in [7, 11) is 1.72. The van der Waals surface area contributed by atoms with Crippen LogP contribution in [0.5, 0.6) is 5.88 Å². The zero-order valence-electron chi connectivity index (χ0n) is 20.7. The van der Waals surface area contributed by atoms with Crippen LogP contribution >= 0.6 is 0 Å². The minimum atomic E-state index is -0.403. The van der Waals surface area contributed by atoms with Gasteiger partial charge in [0.15, 0.2) is 0 Å². The maximum absolute atomic E-state index is 13.6. The standard InChI is InChI=1S/C27H34N4O4/c1-18-15-31(19(2)17-32)26(33)22-13-21(20-9-5-4-6-10-20)14-29-25(22)35-24(18)16-30(3)27(34)23-11-7-8-12-28-23/h7-9,11-14,18-19,24,32H,4-6,10,15-17H2,1-3H3/t18-,19-,24+/m0/s1. The predicted octanol–water partition coefficient (Wildman–Crippen LogP) is 3.43. The summed E-state index contributed by atoms with van der Waals surface area (Å²) < 4.78 is 6.33. The van der Waals surface area contributed by atoms with E-state index in [9.17, 15) is 14.7 Å². The molecule has 0 fully saturated rings. The van der Waals surface area contributed by atoms with Crippen molar-refractivity contribution in [2.24, 2.45) is 5.92 Å². The first kappa shape index (κ1) is 24.9. The van der Waals surface area contributed by atoms with E-state index < -0.39 is 6.10 Å². The van der Waals surface area contributed by atoms with Crippen LogP contribution in [-0.2, 0) is 0 Å². The van der Waals surface area contributed by atoms with Gasteiger partial charge in [-0.25, -0.2) is 4.98 Å². The molecule has 2 amide bonds. The molecule has 8 heteroatoms. The van der Waals surface area contributed by atoms with Crippen LogP contribution in [0.2, 0.25) is 0 Å². The third kappa shape index (κ3) is 5.53. The summed E-state index contributed by atoms with van der Waals surface area (Å²) in [4.78, 5) is 38.5. The third-order valence-corrected chi connectivity index (χ3v) is 6.87. The Kier molecular flexibility index (Phi) is 7.80. The lowest BCUT2D eigenvalue weighted by atomic mass is 9.93. The van der Waals surface area contributed by atoms with Crippen molar-refractivity contribution in [3.8, 4) is 5.88 Å². The maximum Gasteiger partial charge on any atom is 0.272 e. The second-order valence-corrected chi connectivity index (χ2v) is 9.58. The Morgan fingerprint density at radius 2 is 2.14 bits per heavy atom. The molecule has 1 aliphatic carbocycles. The molecule has 35 heavy (non-hydrogen) atoms. The third-order valence-electron chi connectivity index (χ3n) is 6.87. The predicted molar refractivity (Wildman–Crippen MR) is 133 cm³/mol. The van der Waals surface area contributed by atoms with Crippen molar-refractivity contribution in [1.82, 2.24) is 19.8 Å². The fourth-order valence-corrected chi connectivity index (χ4v) is 4.63. The lowest BCUT2D eigenvalue weighted by molar-refractivity contribution is 0.0312. The Labute approximate surface area is 206 Å². The Hall–Kier alpha value is -3.26. The second kappa shape index (κ2) is 11.0. The molecule has 0 saturated heterocycles. The van der Waals surface area contributed by atoms with Gasteiger partial charge in [0.2, 0.25) is 5.88 Å². The first-order chi connectivity index (χ1) is 16.9. The van der Waals surface area contributed by atoms with Gasteiger partial charge in [-0.2, -0.15) is 0 Å². The van der Waals surface area contributed by atoms with Crippen LogP contribution in [0.1, 0.15) is 65.9 Å². The van der Waals surface area contributed by atoms with E-state index in [0.717, 1.165) is 24.8 Å². The van der Waals surface area contributed by atoms with Crippen molar-refractivity contribution < 1.29 is 19.4 Å². The van der Waals surface area contributed by atoms with E-state index in [-0.39, 0.29) is 36.3 Å². The minimum absolute atomic E-state index is 0.109. The SMILES string of the molecule is C[C@H]1CN([C@@H](C)CO)C(=O)c2cc(C3=CCCCC3)cnc2O[C@@H]1CN(C)C(=O)c1ccccn1. The number of allylic oxidation sites excluding steroid dienone is 2. The summed E-state index contributed by atoms with van der Waals surface area (Å²) in [6.45, 7) is 4.37. The van der Waals surface area contributed by atoms with Crippen LogP contribution in [0.25, 0.3) is 5.57 Å². The van der Waals surface area contributed by atoms with Gasteiger partial charge in [-0.1, -0.05) is 19.1 Å². The number of aliphatic hydroxyl groups excluding tert-OH is 1. The van der Waals surface area contributed by atoms with Gasteiger partial charge in [-0.3, -0.25) is 14.6 Å². The van der Waals surface area contributed by atoms with E-state index in [1.807, 2.05) is 19.9 Å². The lowest BCUT2D eigenvalue weighted by Gasteiger charge is -2.37. The second-order valence-electron chi connectivity index (χ2n) is 9.58. The number of fused-ring (bicyclic) bond motifs is 1. The molecule has 0 saturated carbocycles. The quantitative estimate of drug-likeness (QED) is 0.684. The number of rotatable bonds is 6. The lowest BCUT2D eigenvalue weighted by Crippen LogP contribution is -2.50. The number of aliphatic hydroxyl groups is 1. The van der Waals surface area contributed by atoms with E-state index >= 15 is 0 Å². The normalized spacial score (nSPS) is 21.2. The molecule has 3 atom stereocenters. The summed E-state index contributed by atoms with van der Waals surface area (Å²) in [6, 6.07) is 6.74. The van der Waals surface area contributed by atoms with Gasteiger partial charge in [0.05, 0.1) is 19.2 Å². The molecule has 1 aliphatic heterocycles. The Bertz CT molecular complexity index is 1090. The molecule has 0 bridgehead atoms.